The Kier molecular flexibility index (Phi) is 14.6. The van der Waals surface area contributed by atoms with Crippen molar-refractivity contribution in [2.45, 2.75) is 94.9 Å². The smallest absolute Gasteiger partial charge is 0.264 e. The number of halogens is 1. The van der Waals surface area contributed by atoms with Crippen molar-refractivity contribution in [3.05, 3.63) is 154 Å². The van der Waals surface area contributed by atoms with Crippen molar-refractivity contribution in [3.8, 4) is 11.5 Å². The highest BCUT2D eigenvalue weighted by molar-refractivity contribution is 6.91. The van der Waals surface area contributed by atoms with Crippen molar-refractivity contribution >= 4 is 53.7 Å². The average molecular weight is 984 g/mol. The third kappa shape index (κ3) is 9.28. The maximum atomic E-state index is 15.8. The Morgan fingerprint density at radius 2 is 1.70 bits per heavy atom. The first-order chi connectivity index (χ1) is 33.9. The van der Waals surface area contributed by atoms with Crippen molar-refractivity contribution in [2.75, 3.05) is 43.3 Å². The fourth-order valence-corrected chi connectivity index (χ4v) is 15.5. The van der Waals surface area contributed by atoms with E-state index in [1.54, 1.807) is 12.0 Å². The second-order valence-electron chi connectivity index (χ2n) is 19.3. The van der Waals surface area contributed by atoms with Gasteiger partial charge in [0.05, 0.1) is 70.1 Å². The number of nitrogens with zero attached hydrogens (tertiary/aromatic N) is 5. The quantitative estimate of drug-likeness (QED) is 0.0535. The van der Waals surface area contributed by atoms with Crippen molar-refractivity contribution < 1.29 is 34.0 Å². The second kappa shape index (κ2) is 20.8. The van der Waals surface area contributed by atoms with E-state index in [1.165, 1.54) is 5.19 Å². The second-order valence-corrected chi connectivity index (χ2v) is 24.4. The van der Waals surface area contributed by atoms with Crippen LogP contribution < -0.4 is 29.8 Å². The number of aliphatic hydroxyl groups is 2. The molecule has 366 valence electrons. The number of methoxy groups -OCH3 is 1. The minimum absolute atomic E-state index is 0.0314. The summed E-state index contributed by atoms with van der Waals surface area (Å²) in [4.78, 5) is 33.8. The largest absolute Gasteiger partial charge is 0.497 e. The van der Waals surface area contributed by atoms with Gasteiger partial charge in [-0.1, -0.05) is 96.6 Å². The van der Waals surface area contributed by atoms with Crippen LogP contribution in [0.4, 0.5) is 17.1 Å². The third-order valence-corrected chi connectivity index (χ3v) is 19.4. The lowest BCUT2D eigenvalue weighted by Gasteiger charge is -2.37. The molecule has 6 atom stereocenters. The Balaban J connectivity index is 1.05. The first kappa shape index (κ1) is 49.1. The molecule has 0 radical (unpaired) electrons. The molecule has 2 amide bonds. The molecule has 6 aromatic rings. The minimum atomic E-state index is -2.48. The molecule has 15 heteroatoms. The number of anilines is 3. The van der Waals surface area contributed by atoms with Gasteiger partial charge in [-0.05, 0) is 122 Å². The lowest BCUT2D eigenvalue weighted by atomic mass is 9.82. The molecule has 3 N–H and O–H groups in total. The SMILES string of the molecule is CCOc1ccc2c(c1)CC(NCCCCO)C(=O)N2c1cccc(CN2C(=O)[C@@]3(O[C@@H](CCn4cc(C(CO)c5ccccc5)nn4)[C@H]([Si](C)(C)c4ccc(OC)cc4)[C@H]3C)c3cc(Cl)ccc32)c1. The molecule has 13 nitrogen and oxygen atoms in total. The molecule has 4 heterocycles. The molecule has 2 unspecified atom stereocenters. The molecular weight excluding hydrogens is 920 g/mol. The van der Waals surface area contributed by atoms with Crippen LogP contribution >= 0.6 is 11.6 Å². The van der Waals surface area contributed by atoms with Crippen LogP contribution in [0.1, 0.15) is 67.0 Å². The topological polar surface area (TPSA) is 152 Å². The van der Waals surface area contributed by atoms with Gasteiger partial charge in [0, 0.05) is 41.5 Å². The molecule has 0 aliphatic carbocycles. The molecule has 1 saturated heterocycles. The zero-order chi connectivity index (χ0) is 49.2. The van der Waals surface area contributed by atoms with Gasteiger partial charge < -0.3 is 34.6 Å². The summed E-state index contributed by atoms with van der Waals surface area (Å²) in [5.41, 5.74) is 5.05. The van der Waals surface area contributed by atoms with Crippen LogP contribution in [0.3, 0.4) is 0 Å². The number of carbonyl (C=O) groups excluding carboxylic acids is 2. The lowest BCUT2D eigenvalue weighted by Crippen LogP contribution is -2.51. The van der Waals surface area contributed by atoms with Gasteiger partial charge in [-0.3, -0.25) is 19.2 Å². The number of nitrogens with one attached hydrogen (secondary N) is 1. The van der Waals surface area contributed by atoms with Gasteiger partial charge in [-0.15, -0.1) is 5.10 Å². The van der Waals surface area contributed by atoms with Crippen molar-refractivity contribution in [1.82, 2.24) is 20.3 Å². The van der Waals surface area contributed by atoms with E-state index >= 15 is 4.79 Å². The van der Waals surface area contributed by atoms with Crippen LogP contribution in [0.2, 0.25) is 23.7 Å². The number of unbranched alkanes of at least 4 members (excludes halogenated alkanes) is 1. The number of hydrogen-bond acceptors (Lipinski definition) is 10. The number of hydrogen-bond donors (Lipinski definition) is 3. The lowest BCUT2D eigenvalue weighted by molar-refractivity contribution is -0.146. The molecule has 1 aromatic heterocycles. The third-order valence-electron chi connectivity index (χ3n) is 14.8. The summed E-state index contributed by atoms with van der Waals surface area (Å²) in [6.45, 7) is 10.7. The van der Waals surface area contributed by atoms with Gasteiger partial charge in [0.1, 0.15) is 11.5 Å². The molecule has 1 fully saturated rings. The number of rotatable bonds is 19. The summed E-state index contributed by atoms with van der Waals surface area (Å²) in [6, 6.07) is 37.0. The van der Waals surface area contributed by atoms with E-state index in [1.807, 2.05) is 126 Å². The highest BCUT2D eigenvalue weighted by Crippen LogP contribution is 2.60. The van der Waals surface area contributed by atoms with Crippen molar-refractivity contribution in [3.63, 3.8) is 0 Å². The highest BCUT2D eigenvalue weighted by Gasteiger charge is 2.66. The molecule has 9 rings (SSSR count). The standard InChI is InChI=1S/C55H63ClN6O7Si/c1-6-68-43-20-24-49-39(30-43)31-47(57-26-10-11-28-63)53(65)62(49)41-16-12-13-37(29-41)33-61-50-23-17-40(56)32-46(50)55(54(61)66)36(2)52(70(4,5)44-21-18-42(67-3)19-22-44)51(69-55)25-27-60-34-48(58-59-60)45(35-64)38-14-8-7-9-15-38/h7-9,12-24,29-30,32,34,36,45,47,51-52,57,63-64H,6,10-11,25-28,31,33,35H2,1-5H3/t36-,45?,47?,51+,52-,55+/m1/s1. The van der Waals surface area contributed by atoms with E-state index < -0.39 is 19.7 Å². The number of amides is 2. The number of ether oxygens (including phenoxy) is 3. The fraction of sp³-hybridized carbons (Fsp3) is 0.382. The van der Waals surface area contributed by atoms with Crippen LogP contribution in [-0.4, -0.2) is 90.7 Å². The van der Waals surface area contributed by atoms with Gasteiger partial charge in [0.25, 0.3) is 5.91 Å². The Morgan fingerprint density at radius 3 is 2.44 bits per heavy atom. The maximum Gasteiger partial charge on any atom is 0.264 e. The van der Waals surface area contributed by atoms with Gasteiger partial charge in [0.15, 0.2) is 5.60 Å². The molecule has 0 saturated carbocycles. The molecular formula is C55H63ClN6O7Si. The van der Waals surface area contributed by atoms with Gasteiger partial charge in [-0.25, -0.2) is 0 Å². The summed E-state index contributed by atoms with van der Waals surface area (Å²) >= 11 is 6.86. The number of aryl methyl sites for hydroxylation is 1. The first-order valence-electron chi connectivity index (χ1n) is 24.4. The fourth-order valence-electron chi connectivity index (χ4n) is 11.3. The van der Waals surface area contributed by atoms with E-state index in [2.05, 4.69) is 47.8 Å². The maximum absolute atomic E-state index is 15.8. The molecule has 3 aliphatic rings. The minimum Gasteiger partial charge on any atom is -0.497 e. The Morgan fingerprint density at radius 1 is 0.929 bits per heavy atom. The van der Waals surface area contributed by atoms with E-state index in [9.17, 15) is 15.0 Å². The van der Waals surface area contributed by atoms with Crippen LogP contribution in [0.15, 0.2) is 121 Å². The average Bonchev–Trinajstić information content (AvgIpc) is 4.03. The van der Waals surface area contributed by atoms with Crippen molar-refractivity contribution in [1.29, 1.82) is 0 Å². The highest BCUT2D eigenvalue weighted by atomic mass is 35.5. The van der Waals surface area contributed by atoms with Gasteiger partial charge in [-0.2, -0.15) is 0 Å². The molecule has 5 aromatic carbocycles. The number of aliphatic hydroxyl groups excluding tert-OH is 2. The molecule has 70 heavy (non-hydrogen) atoms. The summed E-state index contributed by atoms with van der Waals surface area (Å²) < 4.78 is 20.7. The van der Waals surface area contributed by atoms with E-state index in [4.69, 9.17) is 25.8 Å². The van der Waals surface area contributed by atoms with Crippen LogP contribution in [0.5, 0.6) is 11.5 Å². The number of aromatic nitrogens is 3. The van der Waals surface area contributed by atoms with Gasteiger partial charge >= 0.3 is 0 Å². The normalized spacial score (nSPS) is 21.3. The summed E-state index contributed by atoms with van der Waals surface area (Å²) in [6.07, 6.45) is 4.00. The Hall–Kier alpha value is -5.87. The number of benzene rings is 5. The van der Waals surface area contributed by atoms with E-state index in [0.29, 0.717) is 55.4 Å². The van der Waals surface area contributed by atoms with E-state index in [-0.39, 0.29) is 55.1 Å². The Bertz CT molecular complexity index is 2810. The van der Waals surface area contributed by atoms with Crippen LogP contribution in [0, 0.1) is 5.92 Å². The molecule has 1 spiro atoms. The summed E-state index contributed by atoms with van der Waals surface area (Å²) in [5, 5.41) is 34.0. The Labute approximate surface area is 416 Å². The predicted molar refractivity (Wildman–Crippen MR) is 275 cm³/mol. The van der Waals surface area contributed by atoms with E-state index in [0.717, 1.165) is 51.5 Å². The van der Waals surface area contributed by atoms with Crippen LogP contribution in [-0.2, 0) is 39.4 Å². The summed E-state index contributed by atoms with van der Waals surface area (Å²) in [5.74, 6) is 0.715. The zero-order valence-corrected chi connectivity index (χ0v) is 42.3. The molecule has 3 aliphatic heterocycles. The molecule has 0 bridgehead atoms. The first-order valence-corrected chi connectivity index (χ1v) is 27.9. The summed E-state index contributed by atoms with van der Waals surface area (Å²) in [7, 11) is -0.810. The number of carbonyl (C=O) groups is 2. The number of fused-ring (bicyclic) bond motifs is 3. The monoisotopic (exact) mass is 982 g/mol. The van der Waals surface area contributed by atoms with Gasteiger partial charge in [0.2, 0.25) is 5.91 Å². The predicted octanol–water partition coefficient (Wildman–Crippen LogP) is 8.27. The zero-order valence-electron chi connectivity index (χ0n) is 40.6. The van der Waals surface area contributed by atoms with Crippen molar-refractivity contribution in [2.24, 2.45) is 5.92 Å². The van der Waals surface area contributed by atoms with Crippen LogP contribution in [0.25, 0.3) is 0 Å².